The first kappa shape index (κ1) is 14.2. The van der Waals surface area contributed by atoms with Gasteiger partial charge in [0, 0.05) is 5.69 Å². The molecule has 0 radical (unpaired) electrons. The first-order chi connectivity index (χ1) is 9.69. The highest BCUT2D eigenvalue weighted by Gasteiger charge is 2.06. The van der Waals surface area contributed by atoms with Crippen molar-refractivity contribution in [1.82, 2.24) is 15.0 Å². The van der Waals surface area contributed by atoms with E-state index in [0.29, 0.717) is 0 Å². The zero-order valence-electron chi connectivity index (χ0n) is 12.0. The fourth-order valence-corrected chi connectivity index (χ4v) is 1.94. The van der Waals surface area contributed by atoms with E-state index in [9.17, 15) is 4.79 Å². The number of amides is 1. The Morgan fingerprint density at radius 3 is 2.65 bits per heavy atom. The number of carbonyl (C=O) groups is 1. The van der Waals surface area contributed by atoms with Crippen molar-refractivity contribution in [2.75, 3.05) is 5.32 Å². The number of aryl methyl sites for hydroxylation is 2. The van der Waals surface area contributed by atoms with Gasteiger partial charge in [0.15, 0.2) is 0 Å². The largest absolute Gasteiger partial charge is 0.324 e. The van der Waals surface area contributed by atoms with Crippen LogP contribution in [0.2, 0.25) is 0 Å². The van der Waals surface area contributed by atoms with E-state index in [1.807, 2.05) is 19.1 Å². The summed E-state index contributed by atoms with van der Waals surface area (Å²) in [7, 11) is 0. The Bertz CT molecular complexity index is 560. The van der Waals surface area contributed by atoms with Crippen molar-refractivity contribution >= 4 is 11.6 Å². The van der Waals surface area contributed by atoms with Gasteiger partial charge >= 0.3 is 0 Å². The number of aromatic nitrogens is 3. The number of nitrogens with one attached hydrogen (secondary N) is 1. The van der Waals surface area contributed by atoms with Crippen molar-refractivity contribution in [3.8, 4) is 0 Å². The molecule has 5 nitrogen and oxygen atoms in total. The monoisotopic (exact) mass is 272 g/mol. The Labute approximate surface area is 119 Å². The van der Waals surface area contributed by atoms with Crippen LogP contribution in [0.25, 0.3) is 0 Å². The molecule has 2 rings (SSSR count). The van der Waals surface area contributed by atoms with Crippen molar-refractivity contribution in [2.24, 2.45) is 0 Å². The maximum absolute atomic E-state index is 11.9. The summed E-state index contributed by atoms with van der Waals surface area (Å²) in [5, 5.41) is 10.5. The topological polar surface area (TPSA) is 59.8 Å². The number of hydrogen-bond donors (Lipinski definition) is 1. The van der Waals surface area contributed by atoms with E-state index in [1.165, 1.54) is 18.4 Å². The number of carbonyl (C=O) groups excluding carboxylic acids is 1. The molecule has 1 amide bonds. The van der Waals surface area contributed by atoms with Gasteiger partial charge < -0.3 is 5.32 Å². The summed E-state index contributed by atoms with van der Waals surface area (Å²) in [5.41, 5.74) is 2.99. The second-order valence-electron chi connectivity index (χ2n) is 4.88. The molecule has 1 heterocycles. The van der Waals surface area contributed by atoms with Crippen LogP contribution >= 0.6 is 0 Å². The predicted molar refractivity (Wildman–Crippen MR) is 78.4 cm³/mol. The van der Waals surface area contributed by atoms with Crippen LogP contribution in [0.1, 0.15) is 31.0 Å². The third-order valence-electron chi connectivity index (χ3n) is 3.16. The standard InChI is InChI=1S/C15H20N4O/c1-3-4-5-13-6-8-14(9-7-13)17-15(20)11-19-12(2)10-16-18-19/h6-10H,3-5,11H2,1-2H3,(H,17,20). The highest BCUT2D eigenvalue weighted by Crippen LogP contribution is 2.12. The SMILES string of the molecule is CCCCc1ccc(NC(=O)Cn2nncc2C)cc1. The van der Waals surface area contributed by atoms with Gasteiger partial charge in [-0.25, -0.2) is 4.68 Å². The number of unbranched alkanes of at least 4 members (excludes halogenated alkanes) is 1. The Balaban J connectivity index is 1.89. The van der Waals surface area contributed by atoms with E-state index in [-0.39, 0.29) is 12.5 Å². The van der Waals surface area contributed by atoms with E-state index in [4.69, 9.17) is 0 Å². The Kier molecular flexibility index (Phi) is 4.87. The zero-order valence-corrected chi connectivity index (χ0v) is 12.0. The van der Waals surface area contributed by atoms with Crippen LogP contribution in [0, 0.1) is 6.92 Å². The van der Waals surface area contributed by atoms with Gasteiger partial charge in [0.1, 0.15) is 6.54 Å². The van der Waals surface area contributed by atoms with Gasteiger partial charge in [-0.1, -0.05) is 30.7 Å². The summed E-state index contributed by atoms with van der Waals surface area (Å²) in [4.78, 5) is 11.9. The van der Waals surface area contributed by atoms with Crippen molar-refractivity contribution in [3.63, 3.8) is 0 Å². The van der Waals surface area contributed by atoms with E-state index in [0.717, 1.165) is 17.8 Å². The molecule has 0 atom stereocenters. The lowest BCUT2D eigenvalue weighted by Gasteiger charge is -2.07. The summed E-state index contributed by atoms with van der Waals surface area (Å²) >= 11 is 0. The Morgan fingerprint density at radius 1 is 1.30 bits per heavy atom. The normalized spacial score (nSPS) is 10.5. The smallest absolute Gasteiger partial charge is 0.246 e. The van der Waals surface area contributed by atoms with Gasteiger partial charge in [-0.05, 0) is 37.5 Å². The number of hydrogen-bond acceptors (Lipinski definition) is 3. The van der Waals surface area contributed by atoms with Crippen molar-refractivity contribution < 1.29 is 4.79 Å². The molecule has 0 spiro atoms. The molecule has 0 aliphatic rings. The zero-order chi connectivity index (χ0) is 14.4. The predicted octanol–water partition coefficient (Wildman–Crippen LogP) is 2.57. The molecule has 1 aromatic carbocycles. The van der Waals surface area contributed by atoms with Gasteiger partial charge in [0.2, 0.25) is 5.91 Å². The van der Waals surface area contributed by atoms with Crippen molar-refractivity contribution in [2.45, 2.75) is 39.7 Å². The minimum absolute atomic E-state index is 0.0973. The quantitative estimate of drug-likeness (QED) is 0.879. The number of benzene rings is 1. The van der Waals surface area contributed by atoms with E-state index >= 15 is 0 Å². The minimum Gasteiger partial charge on any atom is -0.324 e. The van der Waals surface area contributed by atoms with Gasteiger partial charge in [-0.15, -0.1) is 5.10 Å². The molecule has 0 saturated carbocycles. The molecular formula is C15H20N4O. The number of rotatable bonds is 6. The summed E-state index contributed by atoms with van der Waals surface area (Å²) < 4.78 is 1.57. The first-order valence-electron chi connectivity index (χ1n) is 6.93. The molecule has 0 aliphatic heterocycles. The van der Waals surface area contributed by atoms with Gasteiger partial charge in [-0.2, -0.15) is 0 Å². The summed E-state index contributed by atoms with van der Waals surface area (Å²) in [6.07, 6.45) is 5.10. The van der Waals surface area contributed by atoms with Crippen molar-refractivity contribution in [3.05, 3.63) is 41.7 Å². The molecule has 0 fully saturated rings. The van der Waals surface area contributed by atoms with Gasteiger partial charge in [0.25, 0.3) is 0 Å². The minimum atomic E-state index is -0.0973. The molecule has 1 N–H and O–H groups in total. The summed E-state index contributed by atoms with van der Waals surface area (Å²) in [6.45, 7) is 4.24. The van der Waals surface area contributed by atoms with Crippen molar-refractivity contribution in [1.29, 1.82) is 0 Å². The van der Waals surface area contributed by atoms with E-state index in [2.05, 4.69) is 34.7 Å². The highest BCUT2D eigenvalue weighted by atomic mass is 16.2. The highest BCUT2D eigenvalue weighted by molar-refractivity contribution is 5.90. The van der Waals surface area contributed by atoms with Crippen LogP contribution in [0.15, 0.2) is 30.5 Å². The molecule has 0 aliphatic carbocycles. The van der Waals surface area contributed by atoms with Crippen LogP contribution in [0.3, 0.4) is 0 Å². The van der Waals surface area contributed by atoms with Crippen LogP contribution in [-0.4, -0.2) is 20.9 Å². The van der Waals surface area contributed by atoms with Crippen LogP contribution < -0.4 is 5.32 Å². The second-order valence-corrected chi connectivity index (χ2v) is 4.88. The maximum Gasteiger partial charge on any atom is 0.246 e. The molecule has 2 aromatic rings. The second kappa shape index (κ2) is 6.84. The fourth-order valence-electron chi connectivity index (χ4n) is 1.94. The lowest BCUT2D eigenvalue weighted by Crippen LogP contribution is -2.20. The average Bonchev–Trinajstić information content (AvgIpc) is 2.83. The third-order valence-corrected chi connectivity index (χ3v) is 3.16. The number of nitrogens with zero attached hydrogens (tertiary/aromatic N) is 3. The third kappa shape index (κ3) is 3.91. The molecule has 0 unspecified atom stereocenters. The lowest BCUT2D eigenvalue weighted by atomic mass is 10.1. The average molecular weight is 272 g/mol. The number of anilines is 1. The molecule has 0 saturated heterocycles. The van der Waals surface area contributed by atoms with Crippen LogP contribution in [-0.2, 0) is 17.8 Å². The molecule has 106 valence electrons. The fraction of sp³-hybridized carbons (Fsp3) is 0.400. The van der Waals surface area contributed by atoms with E-state index in [1.54, 1.807) is 10.9 Å². The van der Waals surface area contributed by atoms with Gasteiger partial charge in [-0.3, -0.25) is 4.79 Å². The molecule has 5 heteroatoms. The van der Waals surface area contributed by atoms with E-state index < -0.39 is 0 Å². The summed E-state index contributed by atoms with van der Waals surface area (Å²) in [6, 6.07) is 8.01. The van der Waals surface area contributed by atoms with Crippen LogP contribution in [0.5, 0.6) is 0 Å². The van der Waals surface area contributed by atoms with Gasteiger partial charge in [0.05, 0.1) is 11.9 Å². The lowest BCUT2D eigenvalue weighted by molar-refractivity contribution is -0.117. The molecular weight excluding hydrogens is 252 g/mol. The first-order valence-corrected chi connectivity index (χ1v) is 6.93. The molecule has 1 aromatic heterocycles. The summed E-state index contributed by atoms with van der Waals surface area (Å²) in [5.74, 6) is -0.0973. The Morgan fingerprint density at radius 2 is 2.05 bits per heavy atom. The molecule has 0 bridgehead atoms. The van der Waals surface area contributed by atoms with Crippen LogP contribution in [0.4, 0.5) is 5.69 Å². The Hall–Kier alpha value is -2.17. The molecule has 20 heavy (non-hydrogen) atoms. The maximum atomic E-state index is 11.9.